The molecule has 0 radical (unpaired) electrons. The molecule has 98 valence electrons. The van der Waals surface area contributed by atoms with Gasteiger partial charge in [0.15, 0.2) is 0 Å². The van der Waals surface area contributed by atoms with E-state index in [2.05, 4.69) is 10.1 Å². The van der Waals surface area contributed by atoms with Crippen LogP contribution in [0.4, 0.5) is 8.78 Å². The molecule has 2 aromatic rings. The molecule has 0 saturated heterocycles. The summed E-state index contributed by atoms with van der Waals surface area (Å²) in [4.78, 5) is 15.6. The van der Waals surface area contributed by atoms with Crippen LogP contribution in [0.25, 0.3) is 11.4 Å². The molecule has 6 heteroatoms. The zero-order valence-corrected chi connectivity index (χ0v) is 9.90. The Kier molecular flexibility index (Phi) is 2.85. The minimum Gasteiger partial charge on any atom is -0.338 e. The minimum atomic E-state index is -0.710. The molecule has 1 fully saturated rings. The fraction of sp³-hybridized carbons (Fsp3) is 0.308. The van der Waals surface area contributed by atoms with Crippen LogP contribution in [0, 0.1) is 11.6 Å². The third-order valence-corrected chi connectivity index (χ3v) is 3.17. The van der Waals surface area contributed by atoms with Crippen LogP contribution in [-0.4, -0.2) is 15.9 Å². The molecule has 0 spiro atoms. The van der Waals surface area contributed by atoms with Crippen molar-refractivity contribution in [2.75, 3.05) is 0 Å². The number of ketones is 1. The van der Waals surface area contributed by atoms with Gasteiger partial charge in [0.1, 0.15) is 17.4 Å². The molecule has 1 unspecified atom stereocenters. The second kappa shape index (κ2) is 4.53. The molecule has 1 saturated carbocycles. The second-order valence-corrected chi connectivity index (χ2v) is 4.53. The van der Waals surface area contributed by atoms with Crippen molar-refractivity contribution < 1.29 is 18.1 Å². The maximum Gasteiger partial charge on any atom is 0.237 e. The van der Waals surface area contributed by atoms with Gasteiger partial charge in [-0.25, -0.2) is 8.78 Å². The molecule has 1 aromatic carbocycles. The largest absolute Gasteiger partial charge is 0.338 e. The van der Waals surface area contributed by atoms with Crippen molar-refractivity contribution in [1.29, 1.82) is 0 Å². The van der Waals surface area contributed by atoms with E-state index in [1.165, 1.54) is 0 Å². The van der Waals surface area contributed by atoms with E-state index in [9.17, 15) is 13.6 Å². The summed E-state index contributed by atoms with van der Waals surface area (Å²) in [5.74, 6) is -1.41. The van der Waals surface area contributed by atoms with Crippen LogP contribution < -0.4 is 0 Å². The molecule has 1 aromatic heterocycles. The number of hydrogen-bond acceptors (Lipinski definition) is 4. The zero-order valence-electron chi connectivity index (χ0n) is 9.90. The first-order valence-electron chi connectivity index (χ1n) is 5.96. The Morgan fingerprint density at radius 2 is 1.95 bits per heavy atom. The Morgan fingerprint density at radius 3 is 2.58 bits per heavy atom. The van der Waals surface area contributed by atoms with Gasteiger partial charge in [0.25, 0.3) is 0 Å². The van der Waals surface area contributed by atoms with E-state index in [0.29, 0.717) is 12.8 Å². The van der Waals surface area contributed by atoms with E-state index in [4.69, 9.17) is 4.52 Å². The molecular formula is C13H10F2N2O2. The Balaban J connectivity index is 1.94. The molecular weight excluding hydrogens is 254 g/mol. The quantitative estimate of drug-likeness (QED) is 0.836. The predicted molar refractivity (Wildman–Crippen MR) is 61.2 cm³/mol. The van der Waals surface area contributed by atoms with Gasteiger partial charge in [-0.1, -0.05) is 5.16 Å². The van der Waals surface area contributed by atoms with Crippen molar-refractivity contribution >= 4 is 5.78 Å². The number of aromatic nitrogens is 2. The van der Waals surface area contributed by atoms with E-state index >= 15 is 0 Å². The van der Waals surface area contributed by atoms with Gasteiger partial charge in [-0.2, -0.15) is 4.98 Å². The summed E-state index contributed by atoms with van der Waals surface area (Å²) < 4.78 is 31.2. The van der Waals surface area contributed by atoms with Gasteiger partial charge in [0.2, 0.25) is 11.7 Å². The van der Waals surface area contributed by atoms with Crippen LogP contribution in [0.2, 0.25) is 0 Å². The number of nitrogens with zero attached hydrogens (tertiary/aromatic N) is 2. The van der Waals surface area contributed by atoms with Gasteiger partial charge in [-0.15, -0.1) is 0 Å². The van der Waals surface area contributed by atoms with Crippen LogP contribution in [0.15, 0.2) is 22.7 Å². The summed E-state index contributed by atoms with van der Waals surface area (Å²) in [6, 6.07) is 3.01. The lowest BCUT2D eigenvalue weighted by Crippen LogP contribution is -2.04. The van der Waals surface area contributed by atoms with Crippen molar-refractivity contribution in [3.8, 4) is 11.4 Å². The molecule has 3 rings (SSSR count). The normalized spacial score (nSPS) is 19.1. The van der Waals surface area contributed by atoms with E-state index in [0.717, 1.165) is 24.6 Å². The van der Waals surface area contributed by atoms with Gasteiger partial charge >= 0.3 is 0 Å². The third kappa shape index (κ3) is 2.25. The summed E-state index contributed by atoms with van der Waals surface area (Å²) in [5.41, 5.74) is 0.193. The van der Waals surface area contributed by atoms with E-state index in [1.54, 1.807) is 0 Å². The summed E-state index contributed by atoms with van der Waals surface area (Å²) in [6.45, 7) is 0. The van der Waals surface area contributed by atoms with Crippen molar-refractivity contribution in [1.82, 2.24) is 10.1 Å². The van der Waals surface area contributed by atoms with E-state index in [-0.39, 0.29) is 29.0 Å². The fourth-order valence-electron chi connectivity index (χ4n) is 2.25. The standard InChI is InChI=1S/C13H10F2N2O2/c14-8-4-7(5-9(15)6-8)12-16-13(19-17-12)10-2-1-3-11(10)18/h4-6,10H,1-3H2. The monoisotopic (exact) mass is 264 g/mol. The summed E-state index contributed by atoms with van der Waals surface area (Å²) in [7, 11) is 0. The average Bonchev–Trinajstić information content (AvgIpc) is 2.95. The first-order chi connectivity index (χ1) is 9.13. The van der Waals surface area contributed by atoms with Crippen molar-refractivity contribution in [2.45, 2.75) is 25.2 Å². The maximum atomic E-state index is 13.1. The first-order valence-corrected chi connectivity index (χ1v) is 5.96. The minimum absolute atomic E-state index is 0.0700. The molecule has 1 heterocycles. The summed E-state index contributed by atoms with van der Waals surface area (Å²) in [6.07, 6.45) is 1.99. The highest BCUT2D eigenvalue weighted by Crippen LogP contribution is 2.31. The Bertz CT molecular complexity index is 619. The van der Waals surface area contributed by atoms with Gasteiger partial charge in [0, 0.05) is 18.1 Å². The van der Waals surface area contributed by atoms with Gasteiger partial charge < -0.3 is 4.52 Å². The Hall–Kier alpha value is -2.11. The Labute approximate surface area is 107 Å². The van der Waals surface area contributed by atoms with E-state index in [1.807, 2.05) is 0 Å². The van der Waals surface area contributed by atoms with Crippen LogP contribution in [0.5, 0.6) is 0 Å². The number of halogens is 2. The average molecular weight is 264 g/mol. The van der Waals surface area contributed by atoms with Gasteiger partial charge in [0.05, 0.1) is 5.92 Å². The lowest BCUT2D eigenvalue weighted by Gasteiger charge is -1.98. The molecule has 0 N–H and O–H groups in total. The molecule has 4 nitrogen and oxygen atoms in total. The number of benzene rings is 1. The van der Waals surface area contributed by atoms with Crippen molar-refractivity contribution in [3.05, 3.63) is 35.7 Å². The highest BCUT2D eigenvalue weighted by Gasteiger charge is 2.31. The highest BCUT2D eigenvalue weighted by atomic mass is 19.1. The first kappa shape index (κ1) is 12.0. The molecule has 1 aliphatic carbocycles. The fourth-order valence-corrected chi connectivity index (χ4v) is 2.25. The number of carbonyl (C=O) groups is 1. The lowest BCUT2D eigenvalue weighted by molar-refractivity contribution is -0.119. The summed E-state index contributed by atoms with van der Waals surface area (Å²) >= 11 is 0. The highest BCUT2D eigenvalue weighted by molar-refractivity contribution is 5.86. The molecule has 0 amide bonds. The predicted octanol–water partition coefficient (Wildman–Crippen LogP) is 2.85. The molecule has 0 bridgehead atoms. The molecule has 0 aliphatic heterocycles. The SMILES string of the molecule is O=C1CCCC1c1nc(-c2cc(F)cc(F)c2)no1. The number of hydrogen-bond donors (Lipinski definition) is 0. The number of rotatable bonds is 2. The van der Waals surface area contributed by atoms with Gasteiger partial charge in [-0.3, -0.25) is 4.79 Å². The number of Topliss-reactive ketones (excluding diaryl/α,β-unsaturated/α-hetero) is 1. The second-order valence-electron chi connectivity index (χ2n) is 4.53. The topological polar surface area (TPSA) is 56.0 Å². The summed E-state index contributed by atoms with van der Waals surface area (Å²) in [5, 5.41) is 3.68. The molecule has 1 atom stereocenters. The molecule has 1 aliphatic rings. The van der Waals surface area contributed by atoms with Crippen LogP contribution in [-0.2, 0) is 4.79 Å². The molecule has 19 heavy (non-hydrogen) atoms. The van der Waals surface area contributed by atoms with Crippen LogP contribution >= 0.6 is 0 Å². The van der Waals surface area contributed by atoms with Crippen molar-refractivity contribution in [3.63, 3.8) is 0 Å². The zero-order chi connectivity index (χ0) is 13.4. The van der Waals surface area contributed by atoms with E-state index < -0.39 is 11.6 Å². The smallest absolute Gasteiger partial charge is 0.237 e. The maximum absolute atomic E-state index is 13.1. The number of carbonyl (C=O) groups excluding carboxylic acids is 1. The van der Waals surface area contributed by atoms with Crippen LogP contribution in [0.3, 0.4) is 0 Å². The van der Waals surface area contributed by atoms with Crippen LogP contribution in [0.1, 0.15) is 31.1 Å². The van der Waals surface area contributed by atoms with Crippen molar-refractivity contribution in [2.24, 2.45) is 0 Å². The third-order valence-electron chi connectivity index (χ3n) is 3.17. The lowest BCUT2D eigenvalue weighted by atomic mass is 10.1. The van der Waals surface area contributed by atoms with Gasteiger partial charge in [-0.05, 0) is 25.0 Å². The Morgan fingerprint density at radius 1 is 1.21 bits per heavy atom.